The SMILES string of the molecule is CCC(C)C(=O)N1CCCC(C(=O)NC(C(=O)O)c2ccc(C)c(C)c2)C1. The first-order valence-corrected chi connectivity index (χ1v) is 9.63. The molecule has 2 rings (SSSR count). The summed E-state index contributed by atoms with van der Waals surface area (Å²) in [6.07, 6.45) is 2.18. The molecule has 1 aromatic carbocycles. The van der Waals surface area contributed by atoms with E-state index in [1.165, 1.54) is 0 Å². The molecule has 6 heteroatoms. The van der Waals surface area contributed by atoms with E-state index in [0.717, 1.165) is 24.0 Å². The molecule has 0 bridgehead atoms. The van der Waals surface area contributed by atoms with Crippen LogP contribution >= 0.6 is 0 Å². The normalized spacial score (nSPS) is 19.3. The fourth-order valence-electron chi connectivity index (χ4n) is 3.37. The number of carboxylic acid groups (broad SMARTS) is 1. The molecule has 27 heavy (non-hydrogen) atoms. The maximum Gasteiger partial charge on any atom is 0.330 e. The zero-order chi connectivity index (χ0) is 20.1. The van der Waals surface area contributed by atoms with Gasteiger partial charge in [0.1, 0.15) is 0 Å². The molecule has 2 N–H and O–H groups in total. The lowest BCUT2D eigenvalue weighted by Crippen LogP contribution is -2.48. The first-order chi connectivity index (χ1) is 12.7. The highest BCUT2D eigenvalue weighted by atomic mass is 16.4. The summed E-state index contributed by atoms with van der Waals surface area (Å²) in [4.78, 5) is 38.6. The molecule has 0 spiro atoms. The van der Waals surface area contributed by atoms with Crippen LogP contribution in [-0.2, 0) is 14.4 Å². The van der Waals surface area contributed by atoms with Crippen molar-refractivity contribution in [2.45, 2.75) is 53.0 Å². The van der Waals surface area contributed by atoms with Crippen molar-refractivity contribution in [3.05, 3.63) is 34.9 Å². The summed E-state index contributed by atoms with van der Waals surface area (Å²) in [5.41, 5.74) is 2.61. The van der Waals surface area contributed by atoms with Crippen LogP contribution in [0.25, 0.3) is 0 Å². The molecular formula is C21H30N2O4. The number of carboxylic acids is 1. The quantitative estimate of drug-likeness (QED) is 0.802. The Morgan fingerprint density at radius 3 is 2.56 bits per heavy atom. The summed E-state index contributed by atoms with van der Waals surface area (Å²) in [6, 6.07) is 4.31. The minimum Gasteiger partial charge on any atom is -0.479 e. The number of nitrogens with zero attached hydrogens (tertiary/aromatic N) is 1. The zero-order valence-corrected chi connectivity index (χ0v) is 16.6. The fourth-order valence-corrected chi connectivity index (χ4v) is 3.37. The van der Waals surface area contributed by atoms with Gasteiger partial charge in [0, 0.05) is 19.0 Å². The van der Waals surface area contributed by atoms with E-state index in [2.05, 4.69) is 5.32 Å². The highest BCUT2D eigenvalue weighted by molar-refractivity contribution is 5.87. The Morgan fingerprint density at radius 1 is 1.26 bits per heavy atom. The molecule has 3 atom stereocenters. The van der Waals surface area contributed by atoms with Crippen molar-refractivity contribution in [3.8, 4) is 0 Å². The largest absolute Gasteiger partial charge is 0.479 e. The van der Waals surface area contributed by atoms with Crippen molar-refractivity contribution in [3.63, 3.8) is 0 Å². The summed E-state index contributed by atoms with van der Waals surface area (Å²) in [7, 11) is 0. The molecule has 148 valence electrons. The van der Waals surface area contributed by atoms with E-state index < -0.39 is 12.0 Å². The molecule has 1 aliphatic heterocycles. The smallest absolute Gasteiger partial charge is 0.330 e. The number of amides is 2. The van der Waals surface area contributed by atoms with Crippen molar-refractivity contribution in [2.24, 2.45) is 11.8 Å². The van der Waals surface area contributed by atoms with Gasteiger partial charge in [-0.3, -0.25) is 9.59 Å². The molecule has 0 aromatic heterocycles. The lowest BCUT2D eigenvalue weighted by molar-refractivity contribution is -0.144. The van der Waals surface area contributed by atoms with E-state index in [-0.39, 0.29) is 23.7 Å². The summed E-state index contributed by atoms with van der Waals surface area (Å²) in [5.74, 6) is -1.76. The molecular weight excluding hydrogens is 344 g/mol. The van der Waals surface area contributed by atoms with E-state index >= 15 is 0 Å². The van der Waals surface area contributed by atoms with Crippen molar-refractivity contribution >= 4 is 17.8 Å². The van der Waals surface area contributed by atoms with Gasteiger partial charge in [-0.25, -0.2) is 4.79 Å². The van der Waals surface area contributed by atoms with Crippen LogP contribution in [-0.4, -0.2) is 40.9 Å². The van der Waals surface area contributed by atoms with Gasteiger partial charge in [0.05, 0.1) is 5.92 Å². The van der Waals surface area contributed by atoms with Gasteiger partial charge in [0.15, 0.2) is 6.04 Å². The first-order valence-electron chi connectivity index (χ1n) is 9.63. The van der Waals surface area contributed by atoms with Gasteiger partial charge in [-0.1, -0.05) is 32.0 Å². The number of aliphatic carboxylic acids is 1. The number of carbonyl (C=O) groups is 3. The van der Waals surface area contributed by atoms with Gasteiger partial charge in [-0.2, -0.15) is 0 Å². The molecule has 1 fully saturated rings. The number of nitrogens with one attached hydrogen (secondary N) is 1. The maximum atomic E-state index is 12.7. The van der Waals surface area contributed by atoms with Crippen LogP contribution in [0.5, 0.6) is 0 Å². The Balaban J connectivity index is 2.09. The molecule has 1 heterocycles. The first kappa shape index (κ1) is 20.9. The number of benzene rings is 1. The van der Waals surface area contributed by atoms with Gasteiger partial charge >= 0.3 is 5.97 Å². The van der Waals surface area contributed by atoms with E-state index in [9.17, 15) is 19.5 Å². The second-order valence-corrected chi connectivity index (χ2v) is 7.56. The Morgan fingerprint density at radius 2 is 1.96 bits per heavy atom. The summed E-state index contributed by atoms with van der Waals surface area (Å²) < 4.78 is 0. The molecule has 1 aromatic rings. The lowest BCUT2D eigenvalue weighted by Gasteiger charge is -2.34. The van der Waals surface area contributed by atoms with E-state index in [4.69, 9.17) is 0 Å². The number of likely N-dealkylation sites (tertiary alicyclic amines) is 1. The summed E-state index contributed by atoms with van der Waals surface area (Å²) in [6.45, 7) is 8.75. The Hall–Kier alpha value is -2.37. The van der Waals surface area contributed by atoms with Gasteiger partial charge in [-0.05, 0) is 49.8 Å². The van der Waals surface area contributed by atoms with Crippen LogP contribution in [0, 0.1) is 25.7 Å². The number of hydrogen-bond acceptors (Lipinski definition) is 3. The Bertz CT molecular complexity index is 716. The lowest BCUT2D eigenvalue weighted by atomic mass is 9.94. The Labute approximate surface area is 160 Å². The second kappa shape index (κ2) is 9.02. The molecule has 1 aliphatic rings. The van der Waals surface area contributed by atoms with E-state index in [0.29, 0.717) is 25.1 Å². The maximum absolute atomic E-state index is 12.7. The fraction of sp³-hybridized carbons (Fsp3) is 0.571. The molecule has 1 saturated heterocycles. The molecule has 0 radical (unpaired) electrons. The van der Waals surface area contributed by atoms with E-state index in [1.807, 2.05) is 33.8 Å². The molecule has 0 aliphatic carbocycles. The number of rotatable bonds is 6. The minimum atomic E-state index is -1.09. The average molecular weight is 374 g/mol. The highest BCUT2D eigenvalue weighted by Gasteiger charge is 2.32. The third-order valence-electron chi connectivity index (χ3n) is 5.54. The van der Waals surface area contributed by atoms with Gasteiger partial charge in [-0.15, -0.1) is 0 Å². The van der Waals surface area contributed by atoms with Gasteiger partial charge in [0.25, 0.3) is 0 Å². The van der Waals surface area contributed by atoms with Gasteiger partial charge in [0.2, 0.25) is 11.8 Å². The standard InChI is InChI=1S/C21H30N2O4/c1-5-13(2)20(25)23-10-6-7-17(12-23)19(24)22-18(21(26)27)16-9-8-14(3)15(4)11-16/h8-9,11,13,17-18H,5-7,10,12H2,1-4H3,(H,22,24)(H,26,27). The number of carbonyl (C=O) groups excluding carboxylic acids is 2. The molecule has 3 unspecified atom stereocenters. The number of hydrogen-bond donors (Lipinski definition) is 2. The minimum absolute atomic E-state index is 0.0610. The zero-order valence-electron chi connectivity index (χ0n) is 16.6. The number of piperidine rings is 1. The Kier molecular flexibility index (Phi) is 6.99. The average Bonchev–Trinajstić information content (AvgIpc) is 2.66. The van der Waals surface area contributed by atoms with Crippen LogP contribution in [0.15, 0.2) is 18.2 Å². The second-order valence-electron chi connectivity index (χ2n) is 7.56. The molecule has 6 nitrogen and oxygen atoms in total. The van der Waals surface area contributed by atoms with Crippen molar-refractivity contribution in [1.29, 1.82) is 0 Å². The van der Waals surface area contributed by atoms with Gasteiger partial charge < -0.3 is 15.3 Å². The van der Waals surface area contributed by atoms with Crippen LogP contribution in [0.3, 0.4) is 0 Å². The summed E-state index contributed by atoms with van der Waals surface area (Å²) >= 11 is 0. The van der Waals surface area contributed by atoms with Crippen LogP contribution in [0.1, 0.15) is 55.8 Å². The third kappa shape index (κ3) is 5.08. The third-order valence-corrected chi connectivity index (χ3v) is 5.54. The topological polar surface area (TPSA) is 86.7 Å². The predicted molar refractivity (Wildman–Crippen MR) is 103 cm³/mol. The molecule has 0 saturated carbocycles. The summed E-state index contributed by atoms with van der Waals surface area (Å²) in [5, 5.41) is 12.3. The van der Waals surface area contributed by atoms with Crippen molar-refractivity contribution < 1.29 is 19.5 Å². The van der Waals surface area contributed by atoms with Crippen LogP contribution < -0.4 is 5.32 Å². The number of aryl methyl sites for hydroxylation is 2. The van der Waals surface area contributed by atoms with Crippen molar-refractivity contribution in [2.75, 3.05) is 13.1 Å². The monoisotopic (exact) mass is 374 g/mol. The molecule has 2 amide bonds. The predicted octanol–water partition coefficient (Wildman–Crippen LogP) is 2.83. The highest BCUT2D eigenvalue weighted by Crippen LogP contribution is 2.22. The van der Waals surface area contributed by atoms with Crippen LogP contribution in [0.4, 0.5) is 0 Å². The van der Waals surface area contributed by atoms with Crippen molar-refractivity contribution in [1.82, 2.24) is 10.2 Å². The van der Waals surface area contributed by atoms with E-state index in [1.54, 1.807) is 17.0 Å². The van der Waals surface area contributed by atoms with Crippen LogP contribution in [0.2, 0.25) is 0 Å².